The van der Waals surface area contributed by atoms with Gasteiger partial charge in [0.1, 0.15) is 11.6 Å². The van der Waals surface area contributed by atoms with E-state index in [1.165, 1.54) is 30.6 Å². The van der Waals surface area contributed by atoms with Gasteiger partial charge in [-0.25, -0.2) is 9.82 Å². The van der Waals surface area contributed by atoms with Gasteiger partial charge in [0.2, 0.25) is 0 Å². The molecule has 0 unspecified atom stereocenters. The first-order chi connectivity index (χ1) is 12.6. The van der Waals surface area contributed by atoms with Crippen LogP contribution in [-0.4, -0.2) is 23.9 Å². The van der Waals surface area contributed by atoms with Crippen LogP contribution in [0.15, 0.2) is 64.4 Å². The minimum Gasteiger partial charge on any atom is -0.483 e. The fourth-order valence-corrected chi connectivity index (χ4v) is 2.20. The number of rotatable bonds is 6. The first kappa shape index (κ1) is 17.6. The van der Waals surface area contributed by atoms with Crippen LogP contribution in [0.3, 0.4) is 0 Å². The molecule has 0 radical (unpaired) electrons. The van der Waals surface area contributed by atoms with Crippen LogP contribution < -0.4 is 10.2 Å². The normalized spacial score (nSPS) is 10.8. The quantitative estimate of drug-likeness (QED) is 0.528. The number of aromatic nitrogens is 1. The van der Waals surface area contributed by atoms with E-state index in [0.717, 1.165) is 5.56 Å². The summed E-state index contributed by atoms with van der Waals surface area (Å²) in [5, 5.41) is 8.03. The molecule has 1 amide bonds. The Morgan fingerprint density at radius 2 is 2.08 bits per heavy atom. The van der Waals surface area contributed by atoms with Crippen LogP contribution in [0.4, 0.5) is 4.39 Å². The molecule has 0 spiro atoms. The molecule has 6 nitrogen and oxygen atoms in total. The van der Waals surface area contributed by atoms with Crippen molar-refractivity contribution < 1.29 is 18.4 Å². The van der Waals surface area contributed by atoms with Crippen LogP contribution in [0.5, 0.6) is 5.75 Å². The molecule has 3 aromatic rings. The summed E-state index contributed by atoms with van der Waals surface area (Å²) in [5.41, 5.74) is 3.48. The molecule has 8 heteroatoms. The number of carbonyl (C=O) groups excluding carboxylic acids is 1. The second kappa shape index (κ2) is 8.26. The molecule has 0 aliphatic carbocycles. The lowest BCUT2D eigenvalue weighted by atomic mass is 10.1. The Labute approximate surface area is 153 Å². The molecule has 1 heterocycles. The summed E-state index contributed by atoms with van der Waals surface area (Å²) in [7, 11) is 0. The SMILES string of the molecule is O=C(COc1ccc(F)cc1-c1ccno1)N/N=C\c1ccc(Cl)cc1. The van der Waals surface area contributed by atoms with Gasteiger partial charge in [0.25, 0.3) is 5.91 Å². The number of carbonyl (C=O) groups is 1. The van der Waals surface area contributed by atoms with Gasteiger partial charge < -0.3 is 9.26 Å². The summed E-state index contributed by atoms with van der Waals surface area (Å²) < 4.78 is 23.9. The first-order valence-electron chi connectivity index (χ1n) is 7.53. The lowest BCUT2D eigenvalue weighted by Gasteiger charge is -2.09. The molecule has 132 valence electrons. The van der Waals surface area contributed by atoms with E-state index < -0.39 is 11.7 Å². The molecule has 0 aliphatic heterocycles. The number of ether oxygens (including phenoxy) is 1. The van der Waals surface area contributed by atoms with Gasteiger partial charge >= 0.3 is 0 Å². The van der Waals surface area contributed by atoms with E-state index in [0.29, 0.717) is 22.1 Å². The number of hydrogen-bond donors (Lipinski definition) is 1. The highest BCUT2D eigenvalue weighted by atomic mass is 35.5. The van der Waals surface area contributed by atoms with Crippen LogP contribution in [-0.2, 0) is 4.79 Å². The minimum absolute atomic E-state index is 0.292. The van der Waals surface area contributed by atoms with Gasteiger partial charge in [-0.2, -0.15) is 5.10 Å². The Balaban J connectivity index is 1.59. The fraction of sp³-hybridized carbons (Fsp3) is 0.0556. The second-order valence-electron chi connectivity index (χ2n) is 5.15. The Hall–Kier alpha value is -3.19. The van der Waals surface area contributed by atoms with Gasteiger partial charge in [-0.3, -0.25) is 4.79 Å². The number of amides is 1. The number of nitrogens with one attached hydrogen (secondary N) is 1. The molecule has 0 aliphatic rings. The van der Waals surface area contributed by atoms with Crippen molar-refractivity contribution in [3.05, 3.63) is 71.1 Å². The molecular formula is C18H13ClFN3O3. The van der Waals surface area contributed by atoms with Crippen molar-refractivity contribution >= 4 is 23.7 Å². The molecule has 3 rings (SSSR count). The molecule has 0 saturated carbocycles. The summed E-state index contributed by atoms with van der Waals surface area (Å²) in [4.78, 5) is 11.8. The predicted octanol–water partition coefficient (Wildman–Crippen LogP) is 3.66. The third-order valence-electron chi connectivity index (χ3n) is 3.28. The van der Waals surface area contributed by atoms with E-state index in [9.17, 15) is 9.18 Å². The van der Waals surface area contributed by atoms with Crippen LogP contribution in [0.2, 0.25) is 5.02 Å². The van der Waals surface area contributed by atoms with E-state index in [4.69, 9.17) is 20.9 Å². The molecule has 1 aromatic heterocycles. The molecule has 0 saturated heterocycles. The van der Waals surface area contributed by atoms with E-state index in [1.807, 2.05) is 0 Å². The third-order valence-corrected chi connectivity index (χ3v) is 3.53. The van der Waals surface area contributed by atoms with Gasteiger partial charge in [0, 0.05) is 11.1 Å². The molecule has 26 heavy (non-hydrogen) atoms. The van der Waals surface area contributed by atoms with Gasteiger partial charge in [0.05, 0.1) is 18.0 Å². The lowest BCUT2D eigenvalue weighted by molar-refractivity contribution is -0.123. The summed E-state index contributed by atoms with van der Waals surface area (Å²) in [5.74, 6) is -0.301. The molecule has 0 atom stereocenters. The van der Waals surface area contributed by atoms with Crippen molar-refractivity contribution in [1.29, 1.82) is 0 Å². The zero-order valence-corrected chi connectivity index (χ0v) is 14.1. The van der Waals surface area contributed by atoms with E-state index in [-0.39, 0.29) is 6.61 Å². The second-order valence-corrected chi connectivity index (χ2v) is 5.59. The number of hydrogen-bond acceptors (Lipinski definition) is 5. The van der Waals surface area contributed by atoms with Crippen LogP contribution in [0.25, 0.3) is 11.3 Å². The maximum Gasteiger partial charge on any atom is 0.277 e. The van der Waals surface area contributed by atoms with Crippen molar-refractivity contribution in [3.8, 4) is 17.1 Å². The number of nitrogens with zero attached hydrogens (tertiary/aromatic N) is 2. The molecule has 0 fully saturated rings. The summed E-state index contributed by atoms with van der Waals surface area (Å²) >= 11 is 5.79. The van der Waals surface area contributed by atoms with Crippen LogP contribution in [0.1, 0.15) is 5.56 Å². The fourth-order valence-electron chi connectivity index (χ4n) is 2.08. The van der Waals surface area contributed by atoms with E-state index in [1.54, 1.807) is 30.3 Å². The maximum absolute atomic E-state index is 13.5. The highest BCUT2D eigenvalue weighted by molar-refractivity contribution is 6.30. The van der Waals surface area contributed by atoms with Gasteiger partial charge in [-0.05, 0) is 35.9 Å². The number of halogens is 2. The molecule has 0 bridgehead atoms. The number of hydrazone groups is 1. The van der Waals surface area contributed by atoms with Gasteiger partial charge in [0.15, 0.2) is 12.4 Å². The topological polar surface area (TPSA) is 76.7 Å². The van der Waals surface area contributed by atoms with E-state index in [2.05, 4.69) is 15.7 Å². The maximum atomic E-state index is 13.5. The van der Waals surface area contributed by atoms with Crippen molar-refractivity contribution in [3.63, 3.8) is 0 Å². The summed E-state index contributed by atoms with van der Waals surface area (Å²) in [6.45, 7) is -0.301. The molecule has 2 aromatic carbocycles. The Bertz CT molecular complexity index is 912. The van der Waals surface area contributed by atoms with Crippen molar-refractivity contribution in [1.82, 2.24) is 10.6 Å². The summed E-state index contributed by atoms with van der Waals surface area (Å²) in [6.07, 6.45) is 2.91. The zero-order valence-electron chi connectivity index (χ0n) is 13.4. The zero-order chi connectivity index (χ0) is 18.4. The smallest absolute Gasteiger partial charge is 0.277 e. The summed E-state index contributed by atoms with van der Waals surface area (Å²) in [6, 6.07) is 12.4. The highest BCUT2D eigenvalue weighted by Crippen LogP contribution is 2.30. The molecular weight excluding hydrogens is 361 g/mol. The van der Waals surface area contributed by atoms with Crippen molar-refractivity contribution in [2.75, 3.05) is 6.61 Å². The average Bonchev–Trinajstić information content (AvgIpc) is 3.17. The average molecular weight is 374 g/mol. The van der Waals surface area contributed by atoms with Gasteiger partial charge in [-0.1, -0.05) is 28.9 Å². The largest absolute Gasteiger partial charge is 0.483 e. The van der Waals surface area contributed by atoms with Gasteiger partial charge in [-0.15, -0.1) is 0 Å². The lowest BCUT2D eigenvalue weighted by Crippen LogP contribution is -2.24. The van der Waals surface area contributed by atoms with Crippen LogP contribution >= 0.6 is 11.6 Å². The molecule has 1 N–H and O–H groups in total. The number of benzene rings is 2. The van der Waals surface area contributed by atoms with Crippen molar-refractivity contribution in [2.24, 2.45) is 5.10 Å². The standard InChI is InChI=1S/C18H13ClFN3O3/c19-13-3-1-12(2-4-13)10-21-23-18(24)11-25-16-6-5-14(20)9-15(16)17-7-8-22-26-17/h1-10H,11H2,(H,23,24)/b21-10-. The minimum atomic E-state index is -0.469. The predicted molar refractivity (Wildman–Crippen MR) is 94.6 cm³/mol. The Morgan fingerprint density at radius 1 is 1.27 bits per heavy atom. The third kappa shape index (κ3) is 4.67. The Kier molecular flexibility index (Phi) is 5.60. The van der Waals surface area contributed by atoms with Crippen molar-refractivity contribution in [2.45, 2.75) is 0 Å². The first-order valence-corrected chi connectivity index (χ1v) is 7.90. The highest BCUT2D eigenvalue weighted by Gasteiger charge is 2.12. The monoisotopic (exact) mass is 373 g/mol. The Morgan fingerprint density at radius 3 is 2.81 bits per heavy atom. The van der Waals surface area contributed by atoms with Crippen LogP contribution in [0, 0.1) is 5.82 Å². The van der Waals surface area contributed by atoms with E-state index >= 15 is 0 Å².